The molecule has 1 rings (SSSR count). The molecule has 0 unspecified atom stereocenters. The molecule has 4 heteroatoms. The molecule has 0 saturated carbocycles. The highest BCUT2D eigenvalue weighted by Gasteiger charge is 2.16. The molecule has 0 aromatic carbocycles. The summed E-state index contributed by atoms with van der Waals surface area (Å²) >= 11 is 0. The van der Waals surface area contributed by atoms with Crippen LogP contribution < -0.4 is 11.1 Å². The lowest BCUT2D eigenvalue weighted by molar-refractivity contribution is 0.0952. The van der Waals surface area contributed by atoms with E-state index in [1.807, 2.05) is 19.9 Å². The molecule has 0 atom stereocenters. The number of nitrogens with two attached hydrogens (primary N) is 1. The highest BCUT2D eigenvalue weighted by Crippen LogP contribution is 2.19. The summed E-state index contributed by atoms with van der Waals surface area (Å²) in [6.07, 6.45) is 1.89. The summed E-state index contributed by atoms with van der Waals surface area (Å²) in [4.78, 5) is 12.1. The molecule has 1 amide bonds. The van der Waals surface area contributed by atoms with E-state index >= 15 is 0 Å². The van der Waals surface area contributed by atoms with Crippen LogP contribution in [0.2, 0.25) is 0 Å². The quantitative estimate of drug-likeness (QED) is 0.761. The highest BCUT2D eigenvalue weighted by molar-refractivity contribution is 5.95. The van der Waals surface area contributed by atoms with Crippen LogP contribution in [0.15, 0.2) is 6.07 Å². The van der Waals surface area contributed by atoms with Crippen LogP contribution in [0.4, 0.5) is 0 Å². The van der Waals surface area contributed by atoms with Crippen molar-refractivity contribution in [2.45, 2.75) is 46.6 Å². The summed E-state index contributed by atoms with van der Waals surface area (Å²) in [7, 11) is 0. The summed E-state index contributed by atoms with van der Waals surface area (Å²) < 4.78 is 2.19. The van der Waals surface area contributed by atoms with Gasteiger partial charge in [0.2, 0.25) is 0 Å². The lowest BCUT2D eigenvalue weighted by Crippen LogP contribution is -2.25. The molecular formula is C14H25N3O. The third-order valence-corrected chi connectivity index (χ3v) is 3.16. The molecule has 0 aliphatic carbocycles. The van der Waals surface area contributed by atoms with Gasteiger partial charge in [0, 0.05) is 24.0 Å². The molecule has 0 fully saturated rings. The van der Waals surface area contributed by atoms with Gasteiger partial charge in [-0.05, 0) is 53.1 Å². The number of rotatable bonds is 6. The van der Waals surface area contributed by atoms with Gasteiger partial charge in [0.1, 0.15) is 0 Å². The van der Waals surface area contributed by atoms with Gasteiger partial charge in [-0.2, -0.15) is 0 Å². The molecule has 0 spiro atoms. The average molecular weight is 251 g/mol. The van der Waals surface area contributed by atoms with Gasteiger partial charge < -0.3 is 15.6 Å². The van der Waals surface area contributed by atoms with E-state index < -0.39 is 0 Å². The Bertz CT molecular complexity index is 407. The largest absolute Gasteiger partial charge is 0.352 e. The first-order valence-corrected chi connectivity index (χ1v) is 6.65. The number of carbonyl (C=O) groups is 1. The SMILES string of the molecule is Cc1cc(C(=O)NCCCCN)c(C)n1C(C)C. The number of aryl methyl sites for hydroxylation is 1. The van der Waals surface area contributed by atoms with Crippen LogP contribution in [-0.2, 0) is 0 Å². The fourth-order valence-electron chi connectivity index (χ4n) is 2.37. The number of nitrogens with zero attached hydrogens (tertiary/aromatic N) is 1. The van der Waals surface area contributed by atoms with E-state index in [1.165, 1.54) is 0 Å². The standard InChI is InChI=1S/C14H25N3O/c1-10(2)17-11(3)9-13(12(17)4)14(18)16-8-6-5-7-15/h9-10H,5-8,15H2,1-4H3,(H,16,18). The van der Waals surface area contributed by atoms with Gasteiger partial charge in [-0.1, -0.05) is 0 Å². The Morgan fingerprint density at radius 2 is 2.06 bits per heavy atom. The summed E-state index contributed by atoms with van der Waals surface area (Å²) in [5.41, 5.74) is 8.38. The number of hydrogen-bond donors (Lipinski definition) is 2. The second kappa shape index (κ2) is 6.59. The van der Waals surface area contributed by atoms with Gasteiger partial charge in [-0.3, -0.25) is 4.79 Å². The molecular weight excluding hydrogens is 226 g/mol. The Kier molecular flexibility index (Phi) is 5.41. The van der Waals surface area contributed by atoms with Crippen LogP contribution in [0.3, 0.4) is 0 Å². The number of nitrogens with one attached hydrogen (secondary N) is 1. The number of hydrogen-bond acceptors (Lipinski definition) is 2. The van der Waals surface area contributed by atoms with Crippen LogP contribution >= 0.6 is 0 Å². The van der Waals surface area contributed by atoms with E-state index in [1.54, 1.807) is 0 Å². The first kappa shape index (κ1) is 14.8. The molecule has 102 valence electrons. The number of aromatic nitrogens is 1. The van der Waals surface area contributed by atoms with Crippen LogP contribution in [0.1, 0.15) is 54.5 Å². The second-order valence-electron chi connectivity index (χ2n) is 5.00. The number of carbonyl (C=O) groups excluding carboxylic acids is 1. The summed E-state index contributed by atoms with van der Waals surface area (Å²) in [6, 6.07) is 2.34. The van der Waals surface area contributed by atoms with Crippen molar-refractivity contribution in [3.8, 4) is 0 Å². The Morgan fingerprint density at radius 1 is 1.39 bits per heavy atom. The molecule has 3 N–H and O–H groups in total. The van der Waals surface area contributed by atoms with E-state index in [9.17, 15) is 4.79 Å². The minimum Gasteiger partial charge on any atom is -0.352 e. The molecule has 18 heavy (non-hydrogen) atoms. The molecule has 1 aromatic heterocycles. The van der Waals surface area contributed by atoms with Crippen molar-refractivity contribution >= 4 is 5.91 Å². The normalized spacial score (nSPS) is 11.0. The van der Waals surface area contributed by atoms with Crippen molar-refractivity contribution in [1.29, 1.82) is 0 Å². The summed E-state index contributed by atoms with van der Waals surface area (Å²) in [6.45, 7) is 9.67. The van der Waals surface area contributed by atoms with Crippen molar-refractivity contribution in [2.75, 3.05) is 13.1 Å². The van der Waals surface area contributed by atoms with Gasteiger partial charge in [0.05, 0.1) is 5.56 Å². The second-order valence-corrected chi connectivity index (χ2v) is 5.00. The molecule has 0 bridgehead atoms. The van der Waals surface area contributed by atoms with Gasteiger partial charge in [0.15, 0.2) is 0 Å². The van der Waals surface area contributed by atoms with Crippen LogP contribution in [0.5, 0.6) is 0 Å². The van der Waals surface area contributed by atoms with E-state index in [0.717, 1.165) is 29.8 Å². The fraction of sp³-hybridized carbons (Fsp3) is 0.643. The van der Waals surface area contributed by atoms with E-state index in [0.29, 0.717) is 19.1 Å². The fourth-order valence-corrected chi connectivity index (χ4v) is 2.37. The molecule has 0 aliphatic rings. The first-order chi connectivity index (χ1) is 8.49. The van der Waals surface area contributed by atoms with Crippen LogP contribution in [-0.4, -0.2) is 23.6 Å². The van der Waals surface area contributed by atoms with Crippen LogP contribution in [0.25, 0.3) is 0 Å². The minimum atomic E-state index is 0.0204. The van der Waals surface area contributed by atoms with Crippen molar-refractivity contribution in [3.05, 3.63) is 23.0 Å². The van der Waals surface area contributed by atoms with Crippen LogP contribution in [0, 0.1) is 13.8 Å². The van der Waals surface area contributed by atoms with E-state index in [4.69, 9.17) is 5.73 Å². The molecule has 0 saturated heterocycles. The van der Waals surface area contributed by atoms with E-state index in [-0.39, 0.29) is 5.91 Å². The zero-order valence-corrected chi connectivity index (χ0v) is 11.9. The maximum Gasteiger partial charge on any atom is 0.253 e. The first-order valence-electron chi connectivity index (χ1n) is 6.65. The topological polar surface area (TPSA) is 60.1 Å². The monoisotopic (exact) mass is 251 g/mol. The Balaban J connectivity index is 2.72. The molecule has 0 aliphatic heterocycles. The van der Waals surface area contributed by atoms with Gasteiger partial charge >= 0.3 is 0 Å². The number of unbranched alkanes of at least 4 members (excludes halogenated alkanes) is 1. The lowest BCUT2D eigenvalue weighted by Gasteiger charge is -2.13. The van der Waals surface area contributed by atoms with Crippen molar-refractivity contribution in [2.24, 2.45) is 5.73 Å². The van der Waals surface area contributed by atoms with E-state index in [2.05, 4.69) is 23.7 Å². The Labute approximate surface area is 110 Å². The van der Waals surface area contributed by atoms with Gasteiger partial charge in [0.25, 0.3) is 5.91 Å². The predicted octanol–water partition coefficient (Wildman–Crippen LogP) is 2.15. The maximum atomic E-state index is 12.1. The predicted molar refractivity (Wildman–Crippen MR) is 74.9 cm³/mol. The maximum absolute atomic E-state index is 12.1. The molecule has 1 heterocycles. The zero-order valence-electron chi connectivity index (χ0n) is 11.9. The van der Waals surface area contributed by atoms with Crippen molar-refractivity contribution in [1.82, 2.24) is 9.88 Å². The number of amides is 1. The molecule has 0 radical (unpaired) electrons. The molecule has 4 nitrogen and oxygen atoms in total. The third kappa shape index (κ3) is 3.35. The lowest BCUT2D eigenvalue weighted by atomic mass is 10.2. The zero-order chi connectivity index (χ0) is 13.7. The smallest absolute Gasteiger partial charge is 0.253 e. The highest BCUT2D eigenvalue weighted by atomic mass is 16.1. The summed E-state index contributed by atoms with van der Waals surface area (Å²) in [5, 5.41) is 2.95. The van der Waals surface area contributed by atoms with Crippen molar-refractivity contribution < 1.29 is 4.79 Å². The van der Waals surface area contributed by atoms with Crippen molar-refractivity contribution in [3.63, 3.8) is 0 Å². The third-order valence-electron chi connectivity index (χ3n) is 3.16. The minimum absolute atomic E-state index is 0.0204. The summed E-state index contributed by atoms with van der Waals surface area (Å²) in [5.74, 6) is 0.0204. The van der Waals surface area contributed by atoms with Gasteiger partial charge in [-0.15, -0.1) is 0 Å². The average Bonchev–Trinajstić information content (AvgIpc) is 2.60. The molecule has 1 aromatic rings. The van der Waals surface area contributed by atoms with Gasteiger partial charge in [-0.25, -0.2) is 0 Å². The Morgan fingerprint density at radius 3 is 2.56 bits per heavy atom. The Hall–Kier alpha value is -1.29.